The van der Waals surface area contributed by atoms with Crippen LogP contribution >= 0.6 is 15.9 Å². The zero-order chi connectivity index (χ0) is 5.28. The van der Waals surface area contributed by atoms with E-state index < -0.39 is 0 Å². The average Bonchev–Trinajstić information content (AvgIpc) is 2.17. The average molecular weight is 165 g/mol. The zero-order valence-corrected chi connectivity index (χ0v) is 5.94. The molecule has 0 aromatic heterocycles. The standard InChI is InChI=1S/C5H9BrO/c1-4(6)7-5-2-3-5/h4-5H,2-3H2,1H3. The van der Waals surface area contributed by atoms with Crippen LogP contribution in [0.4, 0.5) is 0 Å². The van der Waals surface area contributed by atoms with Crippen LogP contribution < -0.4 is 0 Å². The van der Waals surface area contributed by atoms with Crippen molar-refractivity contribution >= 4 is 15.9 Å². The Hall–Kier alpha value is 0.440. The molecule has 1 atom stereocenters. The molecule has 1 nitrogen and oxygen atoms in total. The Labute approximate surface area is 52.2 Å². The van der Waals surface area contributed by atoms with Crippen molar-refractivity contribution in [3.63, 3.8) is 0 Å². The third kappa shape index (κ3) is 2.29. The summed E-state index contributed by atoms with van der Waals surface area (Å²) in [4.78, 5) is 0. The molecule has 0 aromatic rings. The first-order valence-corrected chi connectivity index (χ1v) is 3.50. The fourth-order valence-corrected chi connectivity index (χ4v) is 0.775. The molecule has 1 rings (SSSR count). The summed E-state index contributed by atoms with van der Waals surface area (Å²) in [5.41, 5.74) is 0. The van der Waals surface area contributed by atoms with Crippen molar-refractivity contribution in [2.75, 3.05) is 0 Å². The van der Waals surface area contributed by atoms with E-state index in [1.807, 2.05) is 6.92 Å². The van der Waals surface area contributed by atoms with Gasteiger partial charge in [0.05, 0.1) is 6.10 Å². The molecule has 0 bridgehead atoms. The minimum Gasteiger partial charge on any atom is -0.364 e. The molecule has 2 heteroatoms. The monoisotopic (exact) mass is 164 g/mol. The summed E-state index contributed by atoms with van der Waals surface area (Å²) in [5.74, 6) is 0. The molecule has 0 heterocycles. The molecule has 1 unspecified atom stereocenters. The number of rotatable bonds is 2. The second kappa shape index (κ2) is 2.14. The Morgan fingerprint density at radius 3 is 2.43 bits per heavy atom. The number of ether oxygens (including phenoxy) is 1. The van der Waals surface area contributed by atoms with E-state index in [4.69, 9.17) is 4.74 Å². The topological polar surface area (TPSA) is 9.23 Å². The largest absolute Gasteiger partial charge is 0.364 e. The Morgan fingerprint density at radius 2 is 2.29 bits per heavy atom. The number of hydrogen-bond donors (Lipinski definition) is 0. The van der Waals surface area contributed by atoms with E-state index in [0.717, 1.165) is 0 Å². The molecule has 1 fully saturated rings. The van der Waals surface area contributed by atoms with Crippen LogP contribution in [0.25, 0.3) is 0 Å². The van der Waals surface area contributed by atoms with Gasteiger partial charge in [0.1, 0.15) is 5.01 Å². The molecule has 0 radical (unpaired) electrons. The van der Waals surface area contributed by atoms with E-state index in [0.29, 0.717) is 6.10 Å². The van der Waals surface area contributed by atoms with Crippen LogP contribution in [0.5, 0.6) is 0 Å². The van der Waals surface area contributed by atoms with Crippen LogP contribution in [0.3, 0.4) is 0 Å². The summed E-state index contributed by atoms with van der Waals surface area (Å²) in [6, 6.07) is 0. The molecule has 1 aliphatic rings. The minimum atomic E-state index is 0.250. The van der Waals surface area contributed by atoms with E-state index in [1.54, 1.807) is 0 Å². The van der Waals surface area contributed by atoms with E-state index in [-0.39, 0.29) is 5.01 Å². The molecule has 0 aromatic carbocycles. The highest BCUT2D eigenvalue weighted by molar-refractivity contribution is 9.09. The Morgan fingerprint density at radius 1 is 1.71 bits per heavy atom. The first kappa shape index (κ1) is 5.57. The van der Waals surface area contributed by atoms with Gasteiger partial charge in [0.25, 0.3) is 0 Å². The molecule has 42 valence electrons. The summed E-state index contributed by atoms with van der Waals surface area (Å²) < 4.78 is 5.28. The fourth-order valence-electron chi connectivity index (χ4n) is 0.469. The molecule has 1 saturated carbocycles. The molecule has 0 aliphatic heterocycles. The smallest absolute Gasteiger partial charge is 0.110 e. The Balaban J connectivity index is 1.97. The lowest BCUT2D eigenvalue weighted by Crippen LogP contribution is -1.99. The van der Waals surface area contributed by atoms with Crippen LogP contribution in [-0.4, -0.2) is 11.1 Å². The van der Waals surface area contributed by atoms with E-state index in [2.05, 4.69) is 15.9 Å². The van der Waals surface area contributed by atoms with Crippen molar-refractivity contribution in [1.29, 1.82) is 0 Å². The third-order valence-electron chi connectivity index (χ3n) is 0.904. The van der Waals surface area contributed by atoms with Gasteiger partial charge in [-0.3, -0.25) is 0 Å². The molecule has 0 N–H and O–H groups in total. The molecular weight excluding hydrogens is 156 g/mol. The summed E-state index contributed by atoms with van der Waals surface area (Å²) in [5, 5.41) is 0.250. The van der Waals surface area contributed by atoms with Gasteiger partial charge >= 0.3 is 0 Å². The van der Waals surface area contributed by atoms with Crippen molar-refractivity contribution in [2.45, 2.75) is 30.9 Å². The summed E-state index contributed by atoms with van der Waals surface area (Å²) >= 11 is 3.29. The third-order valence-corrected chi connectivity index (χ3v) is 1.12. The Kier molecular flexibility index (Phi) is 1.70. The highest BCUT2D eigenvalue weighted by Crippen LogP contribution is 2.25. The van der Waals surface area contributed by atoms with Gasteiger partial charge in [-0.1, -0.05) is 15.9 Å². The molecule has 0 spiro atoms. The van der Waals surface area contributed by atoms with Crippen LogP contribution in [-0.2, 0) is 4.74 Å². The molecule has 0 amide bonds. The quantitative estimate of drug-likeness (QED) is 0.568. The maximum absolute atomic E-state index is 5.28. The van der Waals surface area contributed by atoms with Crippen molar-refractivity contribution in [3.05, 3.63) is 0 Å². The summed E-state index contributed by atoms with van der Waals surface area (Å²) in [6.07, 6.45) is 3.10. The first-order chi connectivity index (χ1) is 3.29. The lowest BCUT2D eigenvalue weighted by atomic mass is 10.8. The van der Waals surface area contributed by atoms with Crippen molar-refractivity contribution in [1.82, 2.24) is 0 Å². The molecule has 0 saturated heterocycles. The number of hydrogen-bond acceptors (Lipinski definition) is 1. The van der Waals surface area contributed by atoms with Crippen molar-refractivity contribution < 1.29 is 4.74 Å². The lowest BCUT2D eigenvalue weighted by Gasteiger charge is -2.00. The van der Waals surface area contributed by atoms with Crippen LogP contribution in [0.15, 0.2) is 0 Å². The first-order valence-electron chi connectivity index (χ1n) is 2.58. The predicted octanol–water partition coefficient (Wildman–Crippen LogP) is 1.91. The highest BCUT2D eigenvalue weighted by atomic mass is 79.9. The van der Waals surface area contributed by atoms with Crippen LogP contribution in [0.2, 0.25) is 0 Å². The van der Waals surface area contributed by atoms with Crippen molar-refractivity contribution in [2.24, 2.45) is 0 Å². The lowest BCUT2D eigenvalue weighted by molar-refractivity contribution is 0.113. The normalized spacial score (nSPS) is 24.9. The maximum Gasteiger partial charge on any atom is 0.110 e. The van der Waals surface area contributed by atoms with E-state index in [1.165, 1.54) is 12.8 Å². The predicted molar refractivity (Wildman–Crippen MR) is 32.5 cm³/mol. The van der Waals surface area contributed by atoms with E-state index >= 15 is 0 Å². The van der Waals surface area contributed by atoms with Crippen molar-refractivity contribution in [3.8, 4) is 0 Å². The second-order valence-electron chi connectivity index (χ2n) is 1.88. The summed E-state index contributed by atoms with van der Waals surface area (Å²) in [7, 11) is 0. The number of halogens is 1. The van der Waals surface area contributed by atoms with E-state index in [9.17, 15) is 0 Å². The van der Waals surface area contributed by atoms with Gasteiger partial charge in [-0.25, -0.2) is 0 Å². The molecule has 7 heavy (non-hydrogen) atoms. The zero-order valence-electron chi connectivity index (χ0n) is 4.36. The van der Waals surface area contributed by atoms with Crippen LogP contribution in [0, 0.1) is 0 Å². The Bertz CT molecular complexity index is 59.1. The van der Waals surface area contributed by atoms with Gasteiger partial charge in [-0.2, -0.15) is 0 Å². The van der Waals surface area contributed by atoms with Gasteiger partial charge in [0, 0.05) is 0 Å². The van der Waals surface area contributed by atoms with Gasteiger partial charge in [-0.15, -0.1) is 0 Å². The maximum atomic E-state index is 5.28. The number of alkyl halides is 1. The van der Waals surface area contributed by atoms with Gasteiger partial charge in [0.15, 0.2) is 0 Å². The van der Waals surface area contributed by atoms with Gasteiger partial charge < -0.3 is 4.74 Å². The van der Waals surface area contributed by atoms with Gasteiger partial charge in [0.2, 0.25) is 0 Å². The fraction of sp³-hybridized carbons (Fsp3) is 1.00. The second-order valence-corrected chi connectivity index (χ2v) is 3.17. The van der Waals surface area contributed by atoms with Gasteiger partial charge in [-0.05, 0) is 19.8 Å². The SMILES string of the molecule is CC(Br)OC1CC1. The van der Waals surface area contributed by atoms with Crippen LogP contribution in [0.1, 0.15) is 19.8 Å². The minimum absolute atomic E-state index is 0.250. The highest BCUT2D eigenvalue weighted by Gasteiger charge is 2.23. The molecule has 1 aliphatic carbocycles. The summed E-state index contributed by atoms with van der Waals surface area (Å²) in [6.45, 7) is 2.00. The molecular formula is C5H9BrO.